The predicted octanol–water partition coefficient (Wildman–Crippen LogP) is 2.59. The average molecular weight is 262 g/mol. The summed E-state index contributed by atoms with van der Waals surface area (Å²) in [4.78, 5) is 16.2. The van der Waals surface area contributed by atoms with E-state index in [1.807, 2.05) is 24.3 Å². The van der Waals surface area contributed by atoms with Crippen molar-refractivity contribution in [3.63, 3.8) is 0 Å². The molecular weight excluding hydrogens is 248 g/mol. The van der Waals surface area contributed by atoms with Crippen molar-refractivity contribution < 1.29 is 9.21 Å². The SMILES string of the molecule is O=C1NCCCCC1Sc1nc2ccccc2o1. The van der Waals surface area contributed by atoms with E-state index in [9.17, 15) is 4.79 Å². The summed E-state index contributed by atoms with van der Waals surface area (Å²) >= 11 is 1.42. The van der Waals surface area contributed by atoms with Crippen LogP contribution < -0.4 is 5.32 Å². The Hall–Kier alpha value is -1.49. The Bertz CT molecular complexity index is 534. The van der Waals surface area contributed by atoms with Crippen molar-refractivity contribution >= 4 is 28.8 Å². The van der Waals surface area contributed by atoms with Crippen LogP contribution in [0.3, 0.4) is 0 Å². The van der Waals surface area contributed by atoms with Crippen LogP contribution in [0.1, 0.15) is 19.3 Å². The van der Waals surface area contributed by atoms with Crippen LogP contribution in [0.25, 0.3) is 11.1 Å². The monoisotopic (exact) mass is 262 g/mol. The number of amides is 1. The Kier molecular flexibility index (Phi) is 3.23. The highest BCUT2D eigenvalue weighted by molar-refractivity contribution is 8.00. The van der Waals surface area contributed by atoms with Gasteiger partial charge in [-0.05, 0) is 25.0 Å². The number of para-hydroxylation sites is 2. The van der Waals surface area contributed by atoms with Crippen molar-refractivity contribution in [3.05, 3.63) is 24.3 Å². The molecule has 18 heavy (non-hydrogen) atoms. The number of rotatable bonds is 2. The summed E-state index contributed by atoms with van der Waals surface area (Å²) in [6.45, 7) is 0.781. The Morgan fingerprint density at radius 2 is 2.22 bits per heavy atom. The second-order valence-corrected chi connectivity index (χ2v) is 5.49. The molecule has 1 N–H and O–H groups in total. The summed E-state index contributed by atoms with van der Waals surface area (Å²) in [5.41, 5.74) is 1.61. The number of hydrogen-bond acceptors (Lipinski definition) is 4. The molecule has 5 heteroatoms. The maximum absolute atomic E-state index is 11.8. The number of thioether (sulfide) groups is 1. The highest BCUT2D eigenvalue weighted by Crippen LogP contribution is 2.29. The third-order valence-electron chi connectivity index (χ3n) is 3.00. The molecule has 0 saturated carbocycles. The fourth-order valence-corrected chi connectivity index (χ4v) is 3.05. The molecule has 1 aromatic heterocycles. The highest BCUT2D eigenvalue weighted by atomic mass is 32.2. The van der Waals surface area contributed by atoms with Gasteiger partial charge in [0.05, 0.1) is 5.25 Å². The van der Waals surface area contributed by atoms with Crippen LogP contribution in [0.15, 0.2) is 33.9 Å². The van der Waals surface area contributed by atoms with Gasteiger partial charge in [0.15, 0.2) is 5.58 Å². The molecule has 3 rings (SSSR count). The first kappa shape index (κ1) is 11.6. The largest absolute Gasteiger partial charge is 0.431 e. The van der Waals surface area contributed by atoms with E-state index in [0.717, 1.165) is 36.9 Å². The Balaban J connectivity index is 1.80. The number of nitrogens with one attached hydrogen (secondary N) is 1. The van der Waals surface area contributed by atoms with Crippen molar-refractivity contribution in [2.45, 2.75) is 29.7 Å². The summed E-state index contributed by atoms with van der Waals surface area (Å²) < 4.78 is 5.63. The lowest BCUT2D eigenvalue weighted by Gasteiger charge is -2.09. The lowest BCUT2D eigenvalue weighted by atomic mass is 10.2. The molecule has 2 heterocycles. The van der Waals surface area contributed by atoms with Gasteiger partial charge in [0.1, 0.15) is 5.52 Å². The van der Waals surface area contributed by atoms with E-state index in [4.69, 9.17) is 4.42 Å². The van der Waals surface area contributed by atoms with Crippen molar-refractivity contribution in [2.24, 2.45) is 0 Å². The first-order valence-electron chi connectivity index (χ1n) is 6.13. The van der Waals surface area contributed by atoms with Crippen LogP contribution in [0.5, 0.6) is 0 Å². The van der Waals surface area contributed by atoms with Crippen molar-refractivity contribution in [3.8, 4) is 0 Å². The first-order chi connectivity index (χ1) is 8.83. The summed E-state index contributed by atoms with van der Waals surface area (Å²) in [6, 6.07) is 7.65. The van der Waals surface area contributed by atoms with Crippen molar-refractivity contribution in [1.82, 2.24) is 10.3 Å². The molecule has 1 atom stereocenters. The number of carbonyl (C=O) groups excluding carboxylic acids is 1. The standard InChI is InChI=1S/C13H14N2O2S/c16-12-11(7-3-4-8-14-12)18-13-15-9-5-1-2-6-10(9)17-13/h1-2,5-6,11H,3-4,7-8H2,(H,14,16). The Morgan fingerprint density at radius 1 is 1.33 bits per heavy atom. The second-order valence-electron chi connectivity index (χ2n) is 4.34. The number of benzene rings is 1. The second kappa shape index (κ2) is 5.02. The van der Waals surface area contributed by atoms with Crippen LogP contribution in [0, 0.1) is 0 Å². The molecule has 2 aromatic rings. The van der Waals surface area contributed by atoms with Crippen LogP contribution in [0.4, 0.5) is 0 Å². The van der Waals surface area contributed by atoms with Crippen LogP contribution in [0.2, 0.25) is 0 Å². The zero-order valence-electron chi connectivity index (χ0n) is 9.89. The van der Waals surface area contributed by atoms with Gasteiger partial charge in [-0.1, -0.05) is 30.3 Å². The summed E-state index contributed by atoms with van der Waals surface area (Å²) in [6.07, 6.45) is 3.00. The smallest absolute Gasteiger partial charge is 0.257 e. The van der Waals surface area contributed by atoms with Crippen molar-refractivity contribution in [2.75, 3.05) is 6.54 Å². The molecule has 1 aliphatic heterocycles. The minimum absolute atomic E-state index is 0.0828. The van der Waals surface area contributed by atoms with Gasteiger partial charge in [0, 0.05) is 6.54 Å². The summed E-state index contributed by atoms with van der Waals surface area (Å²) in [5.74, 6) is 0.0970. The van der Waals surface area contributed by atoms with Gasteiger partial charge < -0.3 is 9.73 Å². The average Bonchev–Trinajstić information content (AvgIpc) is 2.68. The topological polar surface area (TPSA) is 55.1 Å². The number of carbonyl (C=O) groups is 1. The van der Waals surface area contributed by atoms with Gasteiger partial charge in [0.25, 0.3) is 5.22 Å². The quantitative estimate of drug-likeness (QED) is 0.903. The maximum Gasteiger partial charge on any atom is 0.257 e. The third-order valence-corrected chi connectivity index (χ3v) is 4.11. The van der Waals surface area contributed by atoms with Gasteiger partial charge in [-0.25, -0.2) is 4.98 Å². The fourth-order valence-electron chi connectivity index (χ4n) is 2.05. The lowest BCUT2D eigenvalue weighted by Crippen LogP contribution is -2.30. The molecule has 1 unspecified atom stereocenters. The zero-order chi connectivity index (χ0) is 12.4. The summed E-state index contributed by atoms with van der Waals surface area (Å²) in [7, 11) is 0. The van der Waals surface area contributed by atoms with E-state index in [2.05, 4.69) is 10.3 Å². The van der Waals surface area contributed by atoms with Gasteiger partial charge >= 0.3 is 0 Å². The molecular formula is C13H14N2O2S. The lowest BCUT2D eigenvalue weighted by molar-refractivity contribution is -0.120. The molecule has 1 amide bonds. The number of oxazole rings is 1. The molecule has 1 saturated heterocycles. The van der Waals surface area contributed by atoms with Crippen LogP contribution in [-0.4, -0.2) is 22.7 Å². The molecule has 1 fully saturated rings. The first-order valence-corrected chi connectivity index (χ1v) is 7.01. The highest BCUT2D eigenvalue weighted by Gasteiger charge is 2.23. The molecule has 1 aromatic carbocycles. The van der Waals surface area contributed by atoms with E-state index >= 15 is 0 Å². The van der Waals surface area contributed by atoms with Gasteiger partial charge in [-0.2, -0.15) is 0 Å². The number of aromatic nitrogens is 1. The normalized spacial score (nSPS) is 20.7. The maximum atomic E-state index is 11.8. The van der Waals surface area contributed by atoms with Gasteiger partial charge in [-0.15, -0.1) is 0 Å². The van der Waals surface area contributed by atoms with Crippen LogP contribution in [-0.2, 0) is 4.79 Å². The van der Waals surface area contributed by atoms with E-state index in [-0.39, 0.29) is 11.2 Å². The van der Waals surface area contributed by atoms with Gasteiger partial charge in [0.2, 0.25) is 5.91 Å². The van der Waals surface area contributed by atoms with E-state index in [0.29, 0.717) is 5.22 Å². The number of hydrogen-bond donors (Lipinski definition) is 1. The molecule has 0 radical (unpaired) electrons. The summed E-state index contributed by atoms with van der Waals surface area (Å²) in [5, 5.41) is 3.42. The van der Waals surface area contributed by atoms with E-state index < -0.39 is 0 Å². The molecule has 0 spiro atoms. The number of nitrogens with zero attached hydrogens (tertiary/aromatic N) is 1. The molecule has 0 bridgehead atoms. The molecule has 0 aliphatic carbocycles. The molecule has 4 nitrogen and oxygen atoms in total. The van der Waals surface area contributed by atoms with Gasteiger partial charge in [-0.3, -0.25) is 4.79 Å². The third kappa shape index (κ3) is 2.36. The fraction of sp³-hybridized carbons (Fsp3) is 0.385. The minimum Gasteiger partial charge on any atom is -0.431 e. The Morgan fingerprint density at radius 3 is 3.11 bits per heavy atom. The predicted molar refractivity (Wildman–Crippen MR) is 70.5 cm³/mol. The van der Waals surface area contributed by atoms with Crippen LogP contribution >= 0.6 is 11.8 Å². The number of fused-ring (bicyclic) bond motifs is 1. The minimum atomic E-state index is -0.0828. The van der Waals surface area contributed by atoms with E-state index in [1.165, 1.54) is 11.8 Å². The van der Waals surface area contributed by atoms with Crippen molar-refractivity contribution in [1.29, 1.82) is 0 Å². The van der Waals surface area contributed by atoms with E-state index in [1.54, 1.807) is 0 Å². The zero-order valence-corrected chi connectivity index (χ0v) is 10.7. The Labute approximate surface area is 109 Å². The molecule has 94 valence electrons. The molecule has 1 aliphatic rings.